The van der Waals surface area contributed by atoms with Gasteiger partial charge in [0.2, 0.25) is 0 Å². The second-order valence-electron chi connectivity index (χ2n) is 4.16. The minimum atomic E-state index is 0.464. The molecule has 2 rings (SSSR count). The van der Waals surface area contributed by atoms with Gasteiger partial charge in [-0.2, -0.15) is 5.10 Å². The highest BCUT2D eigenvalue weighted by Crippen LogP contribution is 2.28. The van der Waals surface area contributed by atoms with Crippen LogP contribution in [0.15, 0.2) is 30.5 Å². The number of halogens is 1. The van der Waals surface area contributed by atoms with E-state index in [4.69, 9.17) is 21.1 Å². The second-order valence-corrected chi connectivity index (χ2v) is 4.43. The Bertz CT molecular complexity index is 540. The predicted octanol–water partition coefficient (Wildman–Crippen LogP) is 2.79. The molecule has 0 radical (unpaired) electrons. The molecule has 0 aliphatic rings. The molecule has 0 fully saturated rings. The van der Waals surface area contributed by atoms with Crippen LogP contribution in [0, 0.1) is 0 Å². The first-order valence-corrected chi connectivity index (χ1v) is 6.60. The van der Waals surface area contributed by atoms with Gasteiger partial charge in [-0.1, -0.05) is 6.07 Å². The fourth-order valence-corrected chi connectivity index (χ4v) is 1.99. The number of hydrogen-bond acceptors (Lipinski definition) is 3. The van der Waals surface area contributed by atoms with Crippen LogP contribution in [0.2, 0.25) is 0 Å². The number of aromatic nitrogens is 2. The molecule has 0 saturated carbocycles. The number of hydrogen-bond donors (Lipinski definition) is 0. The Balaban J connectivity index is 1.97. The zero-order valence-electron chi connectivity index (χ0n) is 11.1. The lowest BCUT2D eigenvalue weighted by atomic mass is 10.2. The Morgan fingerprint density at radius 1 is 1.26 bits per heavy atom. The van der Waals surface area contributed by atoms with Crippen LogP contribution in [0.1, 0.15) is 11.3 Å². The van der Waals surface area contributed by atoms with Crippen molar-refractivity contribution in [1.29, 1.82) is 0 Å². The van der Waals surface area contributed by atoms with E-state index in [2.05, 4.69) is 5.10 Å². The van der Waals surface area contributed by atoms with Gasteiger partial charge in [0, 0.05) is 31.2 Å². The van der Waals surface area contributed by atoms with Crippen molar-refractivity contribution in [2.75, 3.05) is 13.7 Å². The zero-order chi connectivity index (χ0) is 13.7. The highest BCUT2D eigenvalue weighted by atomic mass is 35.5. The lowest BCUT2D eigenvalue weighted by molar-refractivity contribution is 0.295. The summed E-state index contributed by atoms with van der Waals surface area (Å²) >= 11 is 5.79. The lowest BCUT2D eigenvalue weighted by Gasteiger charge is -2.11. The normalized spacial score (nSPS) is 10.5. The van der Waals surface area contributed by atoms with Crippen LogP contribution in [-0.2, 0) is 19.3 Å². The molecular weight excluding hydrogens is 264 g/mol. The summed E-state index contributed by atoms with van der Waals surface area (Å²) in [6.07, 6.45) is 2.59. The molecule has 0 amide bonds. The van der Waals surface area contributed by atoms with Gasteiger partial charge in [-0.25, -0.2) is 0 Å². The summed E-state index contributed by atoms with van der Waals surface area (Å²) in [7, 11) is 3.55. The quantitative estimate of drug-likeness (QED) is 0.764. The average molecular weight is 281 g/mol. The Kier molecular flexibility index (Phi) is 4.68. The lowest BCUT2D eigenvalue weighted by Crippen LogP contribution is -2.06. The van der Waals surface area contributed by atoms with Crippen molar-refractivity contribution in [3.05, 3.63) is 41.7 Å². The summed E-state index contributed by atoms with van der Waals surface area (Å²) in [5, 5.41) is 4.12. The van der Waals surface area contributed by atoms with Crippen LogP contribution in [0.25, 0.3) is 0 Å². The van der Waals surface area contributed by atoms with Crippen LogP contribution >= 0.6 is 11.6 Å². The summed E-state index contributed by atoms with van der Waals surface area (Å²) < 4.78 is 12.9. The first kappa shape index (κ1) is 13.7. The van der Waals surface area contributed by atoms with E-state index in [0.29, 0.717) is 18.2 Å². The first-order chi connectivity index (χ1) is 9.24. The third-order valence-corrected chi connectivity index (χ3v) is 3.23. The van der Waals surface area contributed by atoms with Gasteiger partial charge < -0.3 is 9.47 Å². The van der Waals surface area contributed by atoms with Gasteiger partial charge in [-0.05, 0) is 23.8 Å². The van der Waals surface area contributed by atoms with Crippen molar-refractivity contribution >= 4 is 11.6 Å². The van der Waals surface area contributed by atoms with Crippen molar-refractivity contribution in [3.8, 4) is 11.5 Å². The SMILES string of the molecule is COc1cc(CCl)ccc1OCCc1ccnn1C. The maximum Gasteiger partial charge on any atom is 0.161 e. The Morgan fingerprint density at radius 2 is 2.11 bits per heavy atom. The average Bonchev–Trinajstić information content (AvgIpc) is 2.84. The van der Waals surface area contributed by atoms with Gasteiger partial charge in [-0.15, -0.1) is 11.6 Å². The summed E-state index contributed by atoms with van der Waals surface area (Å²) in [5.74, 6) is 1.91. The van der Waals surface area contributed by atoms with Gasteiger partial charge in [-0.3, -0.25) is 4.68 Å². The number of methoxy groups -OCH3 is 1. The molecule has 1 aromatic carbocycles. The highest BCUT2D eigenvalue weighted by molar-refractivity contribution is 6.17. The molecule has 0 atom stereocenters. The molecular formula is C14H17ClN2O2. The molecule has 0 N–H and O–H groups in total. The Hall–Kier alpha value is -1.68. The predicted molar refractivity (Wildman–Crippen MR) is 75.0 cm³/mol. The summed E-state index contributed by atoms with van der Waals surface area (Å²) in [6.45, 7) is 0.579. The molecule has 4 nitrogen and oxygen atoms in total. The number of ether oxygens (including phenoxy) is 2. The number of nitrogens with zero attached hydrogens (tertiary/aromatic N) is 2. The monoisotopic (exact) mass is 280 g/mol. The fourth-order valence-electron chi connectivity index (χ4n) is 1.83. The van der Waals surface area contributed by atoms with E-state index in [1.54, 1.807) is 13.3 Å². The summed E-state index contributed by atoms with van der Waals surface area (Å²) in [5.41, 5.74) is 2.15. The number of aryl methyl sites for hydroxylation is 1. The molecule has 19 heavy (non-hydrogen) atoms. The van der Waals surface area contributed by atoms with E-state index < -0.39 is 0 Å². The molecule has 5 heteroatoms. The molecule has 102 valence electrons. The molecule has 0 spiro atoms. The van der Waals surface area contributed by atoms with E-state index in [1.165, 1.54) is 0 Å². The highest BCUT2D eigenvalue weighted by Gasteiger charge is 2.06. The molecule has 0 aliphatic heterocycles. The first-order valence-electron chi connectivity index (χ1n) is 6.07. The van der Waals surface area contributed by atoms with E-state index >= 15 is 0 Å². The van der Waals surface area contributed by atoms with Crippen LogP contribution < -0.4 is 9.47 Å². The second kappa shape index (κ2) is 6.48. The smallest absolute Gasteiger partial charge is 0.161 e. The third-order valence-electron chi connectivity index (χ3n) is 2.92. The van der Waals surface area contributed by atoms with Gasteiger partial charge in [0.1, 0.15) is 0 Å². The largest absolute Gasteiger partial charge is 0.493 e. The summed E-state index contributed by atoms with van der Waals surface area (Å²) in [6, 6.07) is 7.71. The standard InChI is InChI=1S/C14H17ClN2O2/c1-17-12(5-7-16-17)6-8-19-13-4-3-11(10-15)9-14(13)18-2/h3-5,7,9H,6,8,10H2,1-2H3. The number of alkyl halides is 1. The number of benzene rings is 1. The number of rotatable bonds is 6. The van der Waals surface area contributed by atoms with E-state index in [1.807, 2.05) is 36.0 Å². The zero-order valence-corrected chi connectivity index (χ0v) is 11.9. The van der Waals surface area contributed by atoms with Crippen LogP contribution in [-0.4, -0.2) is 23.5 Å². The maximum atomic E-state index is 5.79. The van der Waals surface area contributed by atoms with Crippen LogP contribution in [0.4, 0.5) is 0 Å². The molecule has 0 aliphatic carbocycles. The van der Waals surface area contributed by atoms with Gasteiger partial charge >= 0.3 is 0 Å². The van der Waals surface area contributed by atoms with Crippen LogP contribution in [0.5, 0.6) is 11.5 Å². The minimum Gasteiger partial charge on any atom is -0.493 e. The third kappa shape index (κ3) is 3.41. The molecule has 0 saturated heterocycles. The van der Waals surface area contributed by atoms with Crippen LogP contribution in [0.3, 0.4) is 0 Å². The molecule has 1 heterocycles. The van der Waals surface area contributed by atoms with Crippen molar-refractivity contribution < 1.29 is 9.47 Å². The minimum absolute atomic E-state index is 0.464. The topological polar surface area (TPSA) is 36.3 Å². The molecule has 1 aromatic heterocycles. The Morgan fingerprint density at radius 3 is 2.74 bits per heavy atom. The summed E-state index contributed by atoms with van der Waals surface area (Å²) in [4.78, 5) is 0. The molecule has 0 bridgehead atoms. The van der Waals surface area contributed by atoms with Crippen molar-refractivity contribution in [2.24, 2.45) is 7.05 Å². The Labute approximate surface area is 117 Å². The molecule has 0 unspecified atom stereocenters. The van der Waals surface area contributed by atoms with Crippen molar-refractivity contribution in [3.63, 3.8) is 0 Å². The van der Waals surface area contributed by atoms with Crippen molar-refractivity contribution in [1.82, 2.24) is 9.78 Å². The van der Waals surface area contributed by atoms with E-state index in [9.17, 15) is 0 Å². The van der Waals surface area contributed by atoms with Gasteiger partial charge in [0.25, 0.3) is 0 Å². The molecule has 2 aromatic rings. The van der Waals surface area contributed by atoms with Gasteiger partial charge in [0.15, 0.2) is 11.5 Å². The van der Waals surface area contributed by atoms with Gasteiger partial charge in [0.05, 0.1) is 13.7 Å². The van der Waals surface area contributed by atoms with Crippen molar-refractivity contribution in [2.45, 2.75) is 12.3 Å². The van der Waals surface area contributed by atoms with E-state index in [0.717, 1.165) is 23.4 Å². The van der Waals surface area contributed by atoms with E-state index in [-0.39, 0.29) is 0 Å². The maximum absolute atomic E-state index is 5.79. The fraction of sp³-hybridized carbons (Fsp3) is 0.357.